The van der Waals surface area contributed by atoms with Gasteiger partial charge in [0.1, 0.15) is 5.82 Å². The van der Waals surface area contributed by atoms with Crippen molar-refractivity contribution in [3.8, 4) is 11.4 Å². The van der Waals surface area contributed by atoms with Gasteiger partial charge >= 0.3 is 0 Å². The molecule has 108 valence electrons. The Kier molecular flexibility index (Phi) is 3.45. The maximum atomic E-state index is 5.75. The number of fused-ring (bicyclic) bond motifs is 1. The lowest BCUT2D eigenvalue weighted by Gasteiger charge is -2.07. The molecule has 21 heavy (non-hydrogen) atoms. The molecule has 0 unspecified atom stereocenters. The minimum Gasteiger partial charge on any atom is -0.326 e. The number of thiophene rings is 1. The van der Waals surface area contributed by atoms with Crippen LogP contribution in [-0.2, 0) is 6.54 Å². The van der Waals surface area contributed by atoms with Crippen molar-refractivity contribution in [3.63, 3.8) is 0 Å². The van der Waals surface area contributed by atoms with Crippen molar-refractivity contribution in [3.05, 3.63) is 37.4 Å². The van der Waals surface area contributed by atoms with Crippen LogP contribution in [0.15, 0.2) is 31.8 Å². The standard InChI is InChI=1S/C15H13Br2N3S/c16-13-6-10(14(17)21-13)15-19-11-5-8(7-18)1-4-12(11)20(15)9-2-3-9/h1,4-6,9H,2-3,7,18H2. The number of hydrogen-bond donors (Lipinski definition) is 1. The van der Waals surface area contributed by atoms with Crippen LogP contribution in [-0.4, -0.2) is 9.55 Å². The molecule has 0 spiro atoms. The van der Waals surface area contributed by atoms with Crippen LogP contribution in [0.4, 0.5) is 0 Å². The molecule has 0 bridgehead atoms. The van der Waals surface area contributed by atoms with Crippen molar-refractivity contribution in [2.75, 3.05) is 0 Å². The number of aromatic nitrogens is 2. The third kappa shape index (κ3) is 2.38. The average molecular weight is 427 g/mol. The van der Waals surface area contributed by atoms with Gasteiger partial charge in [-0.1, -0.05) is 6.07 Å². The van der Waals surface area contributed by atoms with E-state index in [1.165, 1.54) is 18.4 Å². The number of hydrogen-bond acceptors (Lipinski definition) is 3. The van der Waals surface area contributed by atoms with E-state index < -0.39 is 0 Å². The van der Waals surface area contributed by atoms with Gasteiger partial charge in [-0.15, -0.1) is 11.3 Å². The molecule has 2 heterocycles. The predicted molar refractivity (Wildman–Crippen MR) is 94.6 cm³/mol. The van der Waals surface area contributed by atoms with Crippen molar-refractivity contribution in [1.82, 2.24) is 9.55 Å². The van der Waals surface area contributed by atoms with Crippen LogP contribution < -0.4 is 5.73 Å². The maximum Gasteiger partial charge on any atom is 0.143 e. The van der Waals surface area contributed by atoms with E-state index in [9.17, 15) is 0 Å². The molecule has 0 radical (unpaired) electrons. The molecular formula is C15H13Br2N3S. The molecule has 2 aromatic heterocycles. The first-order valence-electron chi connectivity index (χ1n) is 6.83. The summed E-state index contributed by atoms with van der Waals surface area (Å²) in [4.78, 5) is 4.89. The molecule has 1 saturated carbocycles. The third-order valence-electron chi connectivity index (χ3n) is 3.80. The summed E-state index contributed by atoms with van der Waals surface area (Å²) in [7, 11) is 0. The summed E-state index contributed by atoms with van der Waals surface area (Å²) in [5, 5.41) is 0. The molecular weight excluding hydrogens is 414 g/mol. The van der Waals surface area contributed by atoms with Gasteiger partial charge in [0.05, 0.1) is 18.6 Å². The fraction of sp³-hybridized carbons (Fsp3) is 0.267. The van der Waals surface area contributed by atoms with Gasteiger partial charge < -0.3 is 10.3 Å². The van der Waals surface area contributed by atoms with Crippen LogP contribution in [0.1, 0.15) is 24.4 Å². The highest BCUT2D eigenvalue weighted by Gasteiger charge is 2.29. The van der Waals surface area contributed by atoms with Crippen molar-refractivity contribution in [1.29, 1.82) is 0 Å². The summed E-state index contributed by atoms with van der Waals surface area (Å²) in [5.74, 6) is 1.05. The molecule has 1 fully saturated rings. The lowest BCUT2D eigenvalue weighted by molar-refractivity contribution is 0.775. The zero-order chi connectivity index (χ0) is 14.6. The summed E-state index contributed by atoms with van der Waals surface area (Å²) in [6.45, 7) is 0.551. The van der Waals surface area contributed by atoms with Gasteiger partial charge in [-0.2, -0.15) is 0 Å². The Labute approximate surface area is 143 Å². The minimum absolute atomic E-state index is 0.551. The number of benzene rings is 1. The van der Waals surface area contributed by atoms with Gasteiger partial charge in [-0.3, -0.25) is 0 Å². The fourth-order valence-electron chi connectivity index (χ4n) is 2.66. The normalized spacial score (nSPS) is 15.0. The molecule has 0 saturated heterocycles. The molecule has 4 rings (SSSR count). The van der Waals surface area contributed by atoms with Gasteiger partial charge in [0.25, 0.3) is 0 Å². The molecule has 0 atom stereocenters. The maximum absolute atomic E-state index is 5.75. The summed E-state index contributed by atoms with van der Waals surface area (Å²) < 4.78 is 4.61. The lowest BCUT2D eigenvalue weighted by Crippen LogP contribution is -1.98. The van der Waals surface area contributed by atoms with Gasteiger partial charge in [0, 0.05) is 18.2 Å². The molecule has 2 N–H and O–H groups in total. The molecule has 6 heteroatoms. The molecule has 1 aliphatic rings. The molecule has 1 aromatic carbocycles. The average Bonchev–Trinajstić information content (AvgIpc) is 3.15. The van der Waals surface area contributed by atoms with E-state index in [4.69, 9.17) is 10.7 Å². The second-order valence-corrected chi connectivity index (χ2v) is 9.05. The molecule has 0 aliphatic heterocycles. The van der Waals surface area contributed by atoms with Crippen LogP contribution in [0.3, 0.4) is 0 Å². The van der Waals surface area contributed by atoms with Crippen LogP contribution in [0.5, 0.6) is 0 Å². The Morgan fingerprint density at radius 3 is 2.71 bits per heavy atom. The Balaban J connectivity index is 1.99. The van der Waals surface area contributed by atoms with Crippen LogP contribution >= 0.6 is 43.2 Å². The monoisotopic (exact) mass is 425 g/mol. The summed E-state index contributed by atoms with van der Waals surface area (Å²) in [6.07, 6.45) is 2.47. The van der Waals surface area contributed by atoms with Crippen LogP contribution in [0.25, 0.3) is 22.4 Å². The van der Waals surface area contributed by atoms with Gasteiger partial charge in [-0.05, 0) is 68.5 Å². The number of halogens is 2. The first kappa shape index (κ1) is 13.9. The van der Waals surface area contributed by atoms with Gasteiger partial charge in [0.15, 0.2) is 0 Å². The third-order valence-corrected chi connectivity index (χ3v) is 6.14. The Bertz CT molecular complexity index is 833. The van der Waals surface area contributed by atoms with Crippen molar-refractivity contribution >= 4 is 54.2 Å². The minimum atomic E-state index is 0.551. The highest BCUT2D eigenvalue weighted by Crippen LogP contribution is 2.45. The molecule has 1 aliphatic carbocycles. The first-order chi connectivity index (χ1) is 10.2. The quantitative estimate of drug-likeness (QED) is 0.634. The second kappa shape index (κ2) is 5.19. The van der Waals surface area contributed by atoms with Crippen LogP contribution in [0, 0.1) is 0 Å². The summed E-state index contributed by atoms with van der Waals surface area (Å²) >= 11 is 8.90. The lowest BCUT2D eigenvalue weighted by atomic mass is 10.2. The molecule has 3 aromatic rings. The van der Waals surface area contributed by atoms with E-state index >= 15 is 0 Å². The number of nitrogens with zero attached hydrogens (tertiary/aromatic N) is 2. The van der Waals surface area contributed by atoms with Crippen molar-refractivity contribution in [2.45, 2.75) is 25.4 Å². The zero-order valence-electron chi connectivity index (χ0n) is 11.1. The Hall–Kier alpha value is -0.690. The smallest absolute Gasteiger partial charge is 0.143 e. The SMILES string of the molecule is NCc1ccc2c(c1)nc(-c1cc(Br)sc1Br)n2C1CC1. The highest BCUT2D eigenvalue weighted by atomic mass is 79.9. The Morgan fingerprint density at radius 2 is 2.10 bits per heavy atom. The largest absolute Gasteiger partial charge is 0.326 e. The first-order valence-corrected chi connectivity index (χ1v) is 9.24. The van der Waals surface area contributed by atoms with Crippen molar-refractivity contribution in [2.24, 2.45) is 5.73 Å². The van der Waals surface area contributed by atoms with E-state index in [-0.39, 0.29) is 0 Å². The predicted octanol–water partition coefficient (Wildman–Crippen LogP) is 5.08. The van der Waals surface area contributed by atoms with E-state index in [2.05, 4.69) is 60.7 Å². The van der Waals surface area contributed by atoms with Crippen LogP contribution in [0.2, 0.25) is 0 Å². The van der Waals surface area contributed by atoms with Crippen molar-refractivity contribution < 1.29 is 0 Å². The fourth-order valence-corrected chi connectivity index (χ4v) is 5.45. The highest BCUT2D eigenvalue weighted by molar-refractivity contribution is 9.12. The van der Waals surface area contributed by atoms with E-state index in [1.807, 2.05) is 0 Å². The number of nitrogens with two attached hydrogens (primary N) is 1. The zero-order valence-corrected chi connectivity index (χ0v) is 15.1. The van der Waals surface area contributed by atoms with E-state index in [1.54, 1.807) is 11.3 Å². The van der Waals surface area contributed by atoms with Gasteiger partial charge in [0.2, 0.25) is 0 Å². The molecule has 3 nitrogen and oxygen atoms in total. The van der Waals surface area contributed by atoms with Gasteiger partial charge in [-0.25, -0.2) is 4.98 Å². The second-order valence-electron chi connectivity index (χ2n) is 5.30. The topological polar surface area (TPSA) is 43.8 Å². The summed E-state index contributed by atoms with van der Waals surface area (Å²) in [5.41, 5.74) is 10.3. The molecule has 0 amide bonds. The number of rotatable bonds is 3. The Morgan fingerprint density at radius 1 is 1.29 bits per heavy atom. The number of imidazole rings is 1. The summed E-state index contributed by atoms with van der Waals surface area (Å²) in [6, 6.07) is 9.08. The van der Waals surface area contributed by atoms with E-state index in [0.29, 0.717) is 12.6 Å². The van der Waals surface area contributed by atoms with E-state index in [0.717, 1.165) is 30.0 Å².